The van der Waals surface area contributed by atoms with Crippen LogP contribution in [-0.2, 0) is 4.79 Å². The van der Waals surface area contributed by atoms with Crippen molar-refractivity contribution in [3.8, 4) is 0 Å². The molecule has 0 radical (unpaired) electrons. The van der Waals surface area contributed by atoms with E-state index in [4.69, 9.17) is 0 Å². The van der Waals surface area contributed by atoms with Gasteiger partial charge >= 0.3 is 5.97 Å². The molecule has 0 fully saturated rings. The van der Waals surface area contributed by atoms with E-state index in [1.54, 1.807) is 12.2 Å². The number of benzene rings is 2. The van der Waals surface area contributed by atoms with Crippen molar-refractivity contribution in [3.63, 3.8) is 0 Å². The summed E-state index contributed by atoms with van der Waals surface area (Å²) in [4.78, 5) is 11.5. The third-order valence-electron chi connectivity index (χ3n) is 3.41. The second kappa shape index (κ2) is 8.59. The molecule has 0 spiro atoms. The smallest absolute Gasteiger partial charge is 0.324 e. The quantitative estimate of drug-likeness (QED) is 0.683. The number of hydrogen-bond donors (Lipinski definition) is 3. The van der Waals surface area contributed by atoms with Gasteiger partial charge < -0.3 is 10.2 Å². The van der Waals surface area contributed by atoms with Crippen molar-refractivity contribution in [3.05, 3.63) is 77.9 Å². The zero-order valence-corrected chi connectivity index (χ0v) is 13.7. The van der Waals surface area contributed by atoms with Gasteiger partial charge in [0.05, 0.1) is 11.9 Å². The molecule has 3 N–H and O–H groups in total. The van der Waals surface area contributed by atoms with Gasteiger partial charge in [0.1, 0.15) is 6.04 Å². The van der Waals surface area contributed by atoms with E-state index >= 15 is 0 Å². The molecule has 0 saturated heterocycles. The minimum atomic E-state index is -0.997. The van der Waals surface area contributed by atoms with E-state index in [1.165, 1.54) is 0 Å². The molecule has 23 heavy (non-hydrogen) atoms. The van der Waals surface area contributed by atoms with E-state index in [2.05, 4.69) is 14.6 Å². The predicted octanol–water partition coefficient (Wildman–Crippen LogP) is 2.68. The fourth-order valence-electron chi connectivity index (χ4n) is 2.23. The number of rotatable bonds is 7. The minimum absolute atomic E-state index is 0.497. The van der Waals surface area contributed by atoms with Crippen molar-refractivity contribution in [2.75, 3.05) is 0 Å². The van der Waals surface area contributed by atoms with Crippen molar-refractivity contribution < 1.29 is 15.0 Å². The average molecular weight is 329 g/mol. The SMILES string of the molecule is O=C(O)C(/C=C/c1ccccc1)NC(c1ccccc1)C(O)P. The Bertz CT molecular complexity index is 644. The van der Waals surface area contributed by atoms with Gasteiger partial charge in [-0.3, -0.25) is 10.1 Å². The molecule has 5 heteroatoms. The van der Waals surface area contributed by atoms with Gasteiger partial charge in [-0.2, -0.15) is 0 Å². The molecule has 0 bridgehead atoms. The summed E-state index contributed by atoms with van der Waals surface area (Å²) in [6, 6.07) is 17.4. The van der Waals surface area contributed by atoms with E-state index in [1.807, 2.05) is 60.7 Å². The highest BCUT2D eigenvalue weighted by Gasteiger charge is 2.23. The molecule has 0 aliphatic heterocycles. The zero-order valence-electron chi connectivity index (χ0n) is 12.5. The molecule has 0 aromatic heterocycles. The van der Waals surface area contributed by atoms with Gasteiger partial charge in [0.2, 0.25) is 0 Å². The molecule has 0 saturated carbocycles. The molecule has 120 valence electrons. The van der Waals surface area contributed by atoms with Crippen LogP contribution < -0.4 is 5.32 Å². The van der Waals surface area contributed by atoms with Gasteiger partial charge in [-0.25, -0.2) is 0 Å². The standard InChI is InChI=1S/C18H20NO3P/c20-17(21)15(12-11-13-7-3-1-4-8-13)19-16(18(22)23)14-9-5-2-6-10-14/h1-12,15-16,18-19,22H,23H2,(H,20,21)/b12-11+. The van der Waals surface area contributed by atoms with E-state index in [0.29, 0.717) is 0 Å². The van der Waals surface area contributed by atoms with Crippen LogP contribution in [0.2, 0.25) is 0 Å². The minimum Gasteiger partial charge on any atom is -0.480 e. The van der Waals surface area contributed by atoms with Crippen molar-refractivity contribution in [2.24, 2.45) is 0 Å². The topological polar surface area (TPSA) is 69.6 Å². The lowest BCUT2D eigenvalue weighted by molar-refractivity contribution is -0.138. The first kappa shape index (κ1) is 17.4. The van der Waals surface area contributed by atoms with Crippen molar-refractivity contribution >= 4 is 21.3 Å². The Kier molecular flexibility index (Phi) is 6.48. The van der Waals surface area contributed by atoms with Crippen LogP contribution in [0.1, 0.15) is 17.2 Å². The fraction of sp³-hybridized carbons (Fsp3) is 0.167. The van der Waals surface area contributed by atoms with Crippen molar-refractivity contribution in [1.82, 2.24) is 5.32 Å². The van der Waals surface area contributed by atoms with Gasteiger partial charge in [0.25, 0.3) is 0 Å². The van der Waals surface area contributed by atoms with Crippen LogP contribution in [0.3, 0.4) is 0 Å². The average Bonchev–Trinajstić information content (AvgIpc) is 2.56. The third-order valence-corrected chi connectivity index (χ3v) is 3.79. The summed E-state index contributed by atoms with van der Waals surface area (Å²) >= 11 is 0. The van der Waals surface area contributed by atoms with E-state index in [0.717, 1.165) is 11.1 Å². The van der Waals surface area contributed by atoms with Crippen LogP contribution in [0.4, 0.5) is 0 Å². The van der Waals surface area contributed by atoms with Crippen LogP contribution in [-0.4, -0.2) is 28.1 Å². The first-order chi connectivity index (χ1) is 11.1. The molecule has 2 rings (SSSR count). The van der Waals surface area contributed by atoms with Crippen LogP contribution in [0.15, 0.2) is 66.7 Å². The van der Waals surface area contributed by atoms with Crippen molar-refractivity contribution in [2.45, 2.75) is 17.9 Å². The maximum atomic E-state index is 11.5. The summed E-state index contributed by atoms with van der Waals surface area (Å²) in [6.07, 6.45) is 3.34. The molecular weight excluding hydrogens is 309 g/mol. The number of aliphatic hydroxyl groups is 1. The van der Waals surface area contributed by atoms with E-state index in [-0.39, 0.29) is 0 Å². The van der Waals surface area contributed by atoms with Crippen LogP contribution >= 0.6 is 9.24 Å². The molecule has 0 aliphatic rings. The van der Waals surface area contributed by atoms with Gasteiger partial charge in [0.15, 0.2) is 0 Å². The molecular formula is C18H20NO3P. The van der Waals surface area contributed by atoms with E-state index < -0.39 is 23.9 Å². The van der Waals surface area contributed by atoms with Gasteiger partial charge in [-0.05, 0) is 11.1 Å². The molecule has 0 amide bonds. The van der Waals surface area contributed by atoms with Crippen LogP contribution in [0, 0.1) is 0 Å². The maximum absolute atomic E-state index is 11.5. The largest absolute Gasteiger partial charge is 0.480 e. The Morgan fingerprint density at radius 2 is 1.61 bits per heavy atom. The van der Waals surface area contributed by atoms with Gasteiger partial charge in [0, 0.05) is 0 Å². The summed E-state index contributed by atoms with van der Waals surface area (Å²) in [7, 11) is 2.30. The monoisotopic (exact) mass is 329 g/mol. The summed E-state index contributed by atoms with van der Waals surface area (Å²) < 4.78 is 0. The maximum Gasteiger partial charge on any atom is 0.324 e. The molecule has 0 aliphatic carbocycles. The number of carboxylic acids is 1. The second-order valence-corrected chi connectivity index (χ2v) is 5.81. The molecule has 4 atom stereocenters. The number of carboxylic acid groups (broad SMARTS) is 1. The summed E-state index contributed by atoms with van der Waals surface area (Å²) in [5.74, 6) is -1.80. The number of hydrogen-bond acceptors (Lipinski definition) is 3. The fourth-order valence-corrected chi connectivity index (χ4v) is 2.56. The van der Waals surface area contributed by atoms with Gasteiger partial charge in [-0.1, -0.05) is 72.8 Å². The second-order valence-electron chi connectivity index (χ2n) is 5.13. The first-order valence-corrected chi connectivity index (χ1v) is 7.95. The highest BCUT2D eigenvalue weighted by molar-refractivity contribution is 7.17. The number of aliphatic carboxylic acids is 1. The molecule has 0 heterocycles. The third kappa shape index (κ3) is 5.29. The Labute approximate surface area is 138 Å². The lowest BCUT2D eigenvalue weighted by atomic mass is 10.1. The summed E-state index contributed by atoms with van der Waals surface area (Å²) in [5, 5.41) is 22.4. The first-order valence-electron chi connectivity index (χ1n) is 7.28. The Morgan fingerprint density at radius 1 is 1.04 bits per heavy atom. The highest BCUT2D eigenvalue weighted by atomic mass is 31.0. The number of nitrogens with one attached hydrogen (secondary N) is 1. The van der Waals surface area contributed by atoms with E-state index in [9.17, 15) is 15.0 Å². The lowest BCUT2D eigenvalue weighted by Gasteiger charge is -2.24. The van der Waals surface area contributed by atoms with Crippen LogP contribution in [0.5, 0.6) is 0 Å². The Morgan fingerprint density at radius 3 is 2.13 bits per heavy atom. The molecule has 2 aromatic carbocycles. The van der Waals surface area contributed by atoms with Crippen molar-refractivity contribution in [1.29, 1.82) is 0 Å². The van der Waals surface area contributed by atoms with Gasteiger partial charge in [-0.15, -0.1) is 9.24 Å². The predicted molar refractivity (Wildman–Crippen MR) is 94.9 cm³/mol. The normalized spacial score (nSPS) is 15.2. The zero-order chi connectivity index (χ0) is 16.7. The molecule has 4 unspecified atom stereocenters. The summed E-state index contributed by atoms with van der Waals surface area (Å²) in [5.41, 5.74) is 1.75. The lowest BCUT2D eigenvalue weighted by Crippen LogP contribution is -2.40. The molecule has 4 nitrogen and oxygen atoms in total. The number of aliphatic hydroxyl groups excluding tert-OH is 1. The Balaban J connectivity index is 2.17. The highest BCUT2D eigenvalue weighted by Crippen LogP contribution is 2.21. The molecule has 2 aromatic rings. The summed E-state index contributed by atoms with van der Waals surface area (Å²) in [6.45, 7) is 0. The van der Waals surface area contributed by atoms with Crippen LogP contribution in [0.25, 0.3) is 6.08 Å². The Hall–Kier alpha value is -2.00. The number of carbonyl (C=O) groups is 1.